The summed E-state index contributed by atoms with van der Waals surface area (Å²) in [5.41, 5.74) is 5.77. The molecular formula is C11H16N4O2S. The van der Waals surface area contributed by atoms with Crippen molar-refractivity contribution in [2.75, 3.05) is 32.2 Å². The second-order valence-electron chi connectivity index (χ2n) is 4.17. The monoisotopic (exact) mass is 268 g/mol. The molecule has 0 aromatic carbocycles. The van der Waals surface area contributed by atoms with Gasteiger partial charge < -0.3 is 20.5 Å². The Hall–Kier alpha value is -1.31. The van der Waals surface area contributed by atoms with E-state index in [4.69, 9.17) is 27.4 Å². The van der Waals surface area contributed by atoms with Crippen molar-refractivity contribution < 1.29 is 9.47 Å². The van der Waals surface area contributed by atoms with Gasteiger partial charge in [0.1, 0.15) is 16.3 Å². The summed E-state index contributed by atoms with van der Waals surface area (Å²) in [4.78, 5) is 8.58. The van der Waals surface area contributed by atoms with E-state index in [1.165, 1.54) is 0 Å². The Morgan fingerprint density at radius 3 is 3.17 bits per heavy atom. The molecule has 0 saturated carbocycles. The van der Waals surface area contributed by atoms with Gasteiger partial charge in [0.25, 0.3) is 0 Å². The first-order chi connectivity index (χ1) is 8.65. The number of nitrogens with zero attached hydrogens (tertiary/aromatic N) is 2. The molecule has 18 heavy (non-hydrogen) atoms. The highest BCUT2D eigenvalue weighted by atomic mass is 32.1. The topological polar surface area (TPSA) is 82.3 Å². The van der Waals surface area contributed by atoms with Crippen LogP contribution >= 0.6 is 12.2 Å². The Morgan fingerprint density at radius 1 is 1.72 bits per heavy atom. The maximum Gasteiger partial charge on any atom is 0.223 e. The first-order valence-corrected chi connectivity index (χ1v) is 6.06. The Labute approximate surface area is 111 Å². The number of hydrogen-bond acceptors (Lipinski definition) is 6. The standard InChI is InChI=1S/C11H16N4O2S/c1-16-11(3-5-17-7-11)6-14-10-13-4-2-8(15-10)9(12)18/h2,4H,3,5-7H2,1H3,(H2,12,18)(H,13,14,15). The third-order valence-corrected chi connectivity index (χ3v) is 3.19. The molecule has 2 rings (SSSR count). The van der Waals surface area contributed by atoms with Crippen molar-refractivity contribution in [1.82, 2.24) is 9.97 Å². The molecule has 1 saturated heterocycles. The summed E-state index contributed by atoms with van der Waals surface area (Å²) in [5.74, 6) is 0.489. The van der Waals surface area contributed by atoms with Crippen LogP contribution in [0, 0.1) is 0 Å². The predicted octanol–water partition coefficient (Wildman–Crippen LogP) is 0.328. The lowest BCUT2D eigenvalue weighted by Gasteiger charge is -2.25. The molecule has 1 aromatic rings. The normalized spacial score (nSPS) is 22.9. The van der Waals surface area contributed by atoms with Crippen LogP contribution in [-0.4, -0.2) is 47.4 Å². The Morgan fingerprint density at radius 2 is 2.56 bits per heavy atom. The fourth-order valence-corrected chi connectivity index (χ4v) is 1.90. The maximum atomic E-state index is 5.52. The largest absolute Gasteiger partial charge is 0.388 e. The molecule has 1 aliphatic heterocycles. The highest BCUT2D eigenvalue weighted by Crippen LogP contribution is 2.22. The van der Waals surface area contributed by atoms with E-state index >= 15 is 0 Å². The van der Waals surface area contributed by atoms with Crippen LogP contribution in [0.15, 0.2) is 12.3 Å². The van der Waals surface area contributed by atoms with E-state index in [0.717, 1.165) is 6.42 Å². The zero-order valence-electron chi connectivity index (χ0n) is 10.2. The van der Waals surface area contributed by atoms with Gasteiger partial charge in [0.15, 0.2) is 0 Å². The smallest absolute Gasteiger partial charge is 0.223 e. The van der Waals surface area contributed by atoms with Gasteiger partial charge in [-0.2, -0.15) is 0 Å². The Balaban J connectivity index is 2.01. The highest BCUT2D eigenvalue weighted by molar-refractivity contribution is 7.80. The van der Waals surface area contributed by atoms with E-state index in [1.54, 1.807) is 19.4 Å². The number of nitrogens with two attached hydrogens (primary N) is 1. The number of aromatic nitrogens is 2. The molecule has 1 unspecified atom stereocenters. The summed E-state index contributed by atoms with van der Waals surface area (Å²) in [6.45, 7) is 1.87. The van der Waals surface area contributed by atoms with Crippen LogP contribution in [0.4, 0.5) is 5.95 Å². The molecule has 2 heterocycles. The molecule has 0 aliphatic carbocycles. The molecule has 3 N–H and O–H groups in total. The lowest BCUT2D eigenvalue weighted by atomic mass is 10.0. The highest BCUT2D eigenvalue weighted by Gasteiger charge is 2.34. The van der Waals surface area contributed by atoms with Gasteiger partial charge in [-0.1, -0.05) is 12.2 Å². The lowest BCUT2D eigenvalue weighted by molar-refractivity contribution is -0.00631. The third-order valence-electron chi connectivity index (χ3n) is 2.98. The number of anilines is 1. The SMILES string of the molecule is COC1(CNc2nccc(C(N)=S)n2)CCOC1. The van der Waals surface area contributed by atoms with E-state index < -0.39 is 0 Å². The molecule has 7 heteroatoms. The van der Waals surface area contributed by atoms with Crippen molar-refractivity contribution in [2.45, 2.75) is 12.0 Å². The average Bonchev–Trinajstić information content (AvgIpc) is 2.86. The molecule has 1 atom stereocenters. The van der Waals surface area contributed by atoms with E-state index in [9.17, 15) is 0 Å². The van der Waals surface area contributed by atoms with Crippen LogP contribution in [0.5, 0.6) is 0 Å². The quantitative estimate of drug-likeness (QED) is 0.744. The number of nitrogens with one attached hydrogen (secondary N) is 1. The van der Waals surface area contributed by atoms with Gasteiger partial charge in [-0.05, 0) is 6.07 Å². The first-order valence-electron chi connectivity index (χ1n) is 5.65. The number of rotatable bonds is 5. The number of hydrogen-bond donors (Lipinski definition) is 2. The lowest BCUT2D eigenvalue weighted by Crippen LogP contribution is -2.40. The first kappa shape index (κ1) is 13.1. The molecule has 0 bridgehead atoms. The van der Waals surface area contributed by atoms with Gasteiger partial charge in [-0.3, -0.25) is 0 Å². The van der Waals surface area contributed by atoms with E-state index in [2.05, 4.69) is 15.3 Å². The minimum Gasteiger partial charge on any atom is -0.388 e. The summed E-state index contributed by atoms with van der Waals surface area (Å²) >= 11 is 4.87. The van der Waals surface area contributed by atoms with Crippen LogP contribution in [-0.2, 0) is 9.47 Å². The molecule has 6 nitrogen and oxygen atoms in total. The molecule has 1 aliphatic rings. The summed E-state index contributed by atoms with van der Waals surface area (Å²) in [6.07, 6.45) is 2.47. The number of methoxy groups -OCH3 is 1. The van der Waals surface area contributed by atoms with Crippen LogP contribution in [0.2, 0.25) is 0 Å². The van der Waals surface area contributed by atoms with Crippen LogP contribution < -0.4 is 11.1 Å². The van der Waals surface area contributed by atoms with Crippen molar-refractivity contribution >= 4 is 23.2 Å². The predicted molar refractivity (Wildman–Crippen MR) is 71.6 cm³/mol. The van der Waals surface area contributed by atoms with Crippen molar-refractivity contribution in [3.8, 4) is 0 Å². The molecular weight excluding hydrogens is 252 g/mol. The average molecular weight is 268 g/mol. The fourth-order valence-electron chi connectivity index (χ4n) is 1.78. The zero-order chi connectivity index (χ0) is 13.0. The molecule has 0 radical (unpaired) electrons. The van der Waals surface area contributed by atoms with E-state index in [0.29, 0.717) is 31.4 Å². The maximum absolute atomic E-state index is 5.52. The molecule has 1 aromatic heterocycles. The van der Waals surface area contributed by atoms with Crippen molar-refractivity contribution in [1.29, 1.82) is 0 Å². The van der Waals surface area contributed by atoms with Crippen LogP contribution in [0.25, 0.3) is 0 Å². The Kier molecular flexibility index (Phi) is 4.05. The summed E-state index contributed by atoms with van der Waals surface area (Å²) in [6, 6.07) is 1.68. The molecule has 0 spiro atoms. The summed E-state index contributed by atoms with van der Waals surface area (Å²) in [7, 11) is 1.68. The van der Waals surface area contributed by atoms with Crippen molar-refractivity contribution in [3.05, 3.63) is 18.0 Å². The van der Waals surface area contributed by atoms with Gasteiger partial charge in [0.2, 0.25) is 5.95 Å². The Bertz CT molecular complexity index is 435. The van der Waals surface area contributed by atoms with Gasteiger partial charge in [0, 0.05) is 32.9 Å². The zero-order valence-corrected chi connectivity index (χ0v) is 11.0. The van der Waals surface area contributed by atoms with Gasteiger partial charge in [-0.15, -0.1) is 0 Å². The number of thiocarbonyl (C=S) groups is 1. The van der Waals surface area contributed by atoms with Gasteiger partial charge in [-0.25, -0.2) is 9.97 Å². The van der Waals surface area contributed by atoms with Crippen molar-refractivity contribution in [2.24, 2.45) is 5.73 Å². The van der Waals surface area contributed by atoms with Gasteiger partial charge >= 0.3 is 0 Å². The van der Waals surface area contributed by atoms with E-state index in [-0.39, 0.29) is 10.6 Å². The van der Waals surface area contributed by atoms with E-state index in [1.807, 2.05) is 0 Å². The summed E-state index contributed by atoms with van der Waals surface area (Å²) < 4.78 is 10.9. The molecule has 0 amide bonds. The second kappa shape index (κ2) is 5.55. The molecule has 98 valence electrons. The third kappa shape index (κ3) is 2.92. The minimum absolute atomic E-state index is 0.256. The van der Waals surface area contributed by atoms with Crippen LogP contribution in [0.1, 0.15) is 12.1 Å². The molecule has 1 fully saturated rings. The minimum atomic E-state index is -0.303. The summed E-state index contributed by atoms with van der Waals surface area (Å²) in [5, 5.41) is 3.13. The fraction of sp³-hybridized carbons (Fsp3) is 0.545. The number of ether oxygens (including phenoxy) is 2. The van der Waals surface area contributed by atoms with Crippen LogP contribution in [0.3, 0.4) is 0 Å². The van der Waals surface area contributed by atoms with Crippen molar-refractivity contribution in [3.63, 3.8) is 0 Å². The van der Waals surface area contributed by atoms with Gasteiger partial charge in [0.05, 0.1) is 6.61 Å². The second-order valence-corrected chi connectivity index (χ2v) is 4.61.